The molecular weight excluding hydrogens is 292 g/mol. The molecule has 1 aromatic carbocycles. The fraction of sp³-hybridized carbons (Fsp3) is 0.357. The van der Waals surface area contributed by atoms with Crippen LogP contribution in [-0.4, -0.2) is 13.4 Å². The lowest BCUT2D eigenvalue weighted by atomic mass is 10.1. The van der Waals surface area contributed by atoms with Crippen LogP contribution in [0.1, 0.15) is 31.3 Å². The highest BCUT2D eigenvalue weighted by Gasteiger charge is 2.23. The minimum absolute atomic E-state index is 0.278. The Labute approximate surface area is 123 Å². The fourth-order valence-corrected chi connectivity index (χ4v) is 3.94. The number of sulfonamides is 1. The van der Waals surface area contributed by atoms with Gasteiger partial charge in [0.25, 0.3) is 0 Å². The molecule has 4 nitrogen and oxygen atoms in total. The number of nitrogens with zero attached hydrogens (tertiary/aromatic N) is 1. The number of aromatic nitrogens is 1. The van der Waals surface area contributed by atoms with E-state index in [0.717, 1.165) is 11.4 Å². The third kappa shape index (κ3) is 3.88. The topological polar surface area (TPSA) is 59.1 Å². The second kappa shape index (κ2) is 6.47. The van der Waals surface area contributed by atoms with Gasteiger partial charge in [0.15, 0.2) is 0 Å². The van der Waals surface area contributed by atoms with Crippen molar-refractivity contribution in [3.8, 4) is 0 Å². The Bertz CT molecular complexity index is 622. The van der Waals surface area contributed by atoms with Gasteiger partial charge in [-0.05, 0) is 24.5 Å². The monoisotopic (exact) mass is 310 g/mol. The highest BCUT2D eigenvalue weighted by molar-refractivity contribution is 7.89. The van der Waals surface area contributed by atoms with Crippen LogP contribution in [0, 0.1) is 5.92 Å². The van der Waals surface area contributed by atoms with Gasteiger partial charge in [0.2, 0.25) is 10.0 Å². The van der Waals surface area contributed by atoms with Gasteiger partial charge in [-0.3, -0.25) is 0 Å². The zero-order valence-corrected chi connectivity index (χ0v) is 13.1. The van der Waals surface area contributed by atoms with E-state index in [1.165, 1.54) is 11.3 Å². The van der Waals surface area contributed by atoms with Crippen molar-refractivity contribution in [2.75, 3.05) is 0 Å². The minimum Gasteiger partial charge on any atom is -0.248 e. The van der Waals surface area contributed by atoms with E-state index in [1.807, 2.05) is 5.38 Å². The predicted octanol–water partition coefficient (Wildman–Crippen LogP) is 3.21. The van der Waals surface area contributed by atoms with Crippen LogP contribution in [0.25, 0.3) is 0 Å². The van der Waals surface area contributed by atoms with E-state index in [0.29, 0.717) is 5.92 Å². The molecule has 20 heavy (non-hydrogen) atoms. The summed E-state index contributed by atoms with van der Waals surface area (Å²) in [5.41, 5.74) is 0. The maximum atomic E-state index is 12.4. The van der Waals surface area contributed by atoms with Crippen molar-refractivity contribution in [3.63, 3.8) is 0 Å². The molecule has 0 bridgehead atoms. The molecular formula is C14H18N2O2S2. The molecule has 2 rings (SSSR count). The summed E-state index contributed by atoms with van der Waals surface area (Å²) in [6.07, 6.45) is 2.42. The molecule has 1 N–H and O–H groups in total. The highest BCUT2D eigenvalue weighted by Crippen LogP contribution is 2.25. The second-order valence-corrected chi connectivity index (χ2v) is 7.63. The third-order valence-electron chi connectivity index (χ3n) is 2.81. The van der Waals surface area contributed by atoms with E-state index < -0.39 is 10.0 Å². The Hall–Kier alpha value is -1.24. The molecule has 1 aromatic heterocycles. The Kier molecular flexibility index (Phi) is 4.91. The van der Waals surface area contributed by atoms with Crippen molar-refractivity contribution >= 4 is 21.4 Å². The van der Waals surface area contributed by atoms with E-state index in [9.17, 15) is 8.42 Å². The van der Waals surface area contributed by atoms with E-state index in [-0.39, 0.29) is 10.9 Å². The quantitative estimate of drug-likeness (QED) is 0.891. The zero-order chi connectivity index (χ0) is 14.6. The first-order chi connectivity index (χ1) is 9.49. The molecule has 1 unspecified atom stereocenters. The van der Waals surface area contributed by atoms with E-state index in [1.54, 1.807) is 36.5 Å². The van der Waals surface area contributed by atoms with E-state index >= 15 is 0 Å². The van der Waals surface area contributed by atoms with Gasteiger partial charge >= 0.3 is 0 Å². The molecule has 0 spiro atoms. The van der Waals surface area contributed by atoms with Gasteiger partial charge in [-0.1, -0.05) is 32.0 Å². The summed E-state index contributed by atoms with van der Waals surface area (Å²) >= 11 is 1.47. The summed E-state index contributed by atoms with van der Waals surface area (Å²) < 4.78 is 27.5. The smallest absolute Gasteiger partial charge is 0.241 e. The van der Waals surface area contributed by atoms with Gasteiger partial charge in [-0.2, -0.15) is 0 Å². The van der Waals surface area contributed by atoms with Crippen LogP contribution in [0.4, 0.5) is 0 Å². The first kappa shape index (κ1) is 15.2. The summed E-state index contributed by atoms with van der Waals surface area (Å²) in [6, 6.07) is 8.14. The molecule has 0 aliphatic carbocycles. The largest absolute Gasteiger partial charge is 0.248 e. The van der Waals surface area contributed by atoms with Crippen molar-refractivity contribution in [3.05, 3.63) is 46.9 Å². The van der Waals surface area contributed by atoms with Gasteiger partial charge in [-0.15, -0.1) is 11.3 Å². The predicted molar refractivity (Wildman–Crippen MR) is 81.1 cm³/mol. The third-order valence-corrected chi connectivity index (χ3v) is 5.18. The Morgan fingerprint density at radius 3 is 2.50 bits per heavy atom. The summed E-state index contributed by atoms with van der Waals surface area (Å²) in [6.45, 7) is 4.13. The molecule has 0 aliphatic rings. The maximum absolute atomic E-state index is 12.4. The average Bonchev–Trinajstić information content (AvgIpc) is 2.92. The fourth-order valence-electron chi connectivity index (χ4n) is 1.93. The van der Waals surface area contributed by atoms with Crippen LogP contribution < -0.4 is 4.72 Å². The number of hydrogen-bond acceptors (Lipinski definition) is 4. The van der Waals surface area contributed by atoms with Crippen LogP contribution in [-0.2, 0) is 10.0 Å². The lowest BCUT2D eigenvalue weighted by Gasteiger charge is -2.18. The number of hydrogen-bond donors (Lipinski definition) is 1. The Morgan fingerprint density at radius 1 is 1.25 bits per heavy atom. The number of thiazole rings is 1. The molecule has 0 amide bonds. The molecule has 108 valence electrons. The Morgan fingerprint density at radius 2 is 1.95 bits per heavy atom. The second-order valence-electron chi connectivity index (χ2n) is 4.99. The minimum atomic E-state index is -3.51. The summed E-state index contributed by atoms with van der Waals surface area (Å²) in [4.78, 5) is 4.52. The van der Waals surface area contributed by atoms with Crippen molar-refractivity contribution in [1.82, 2.24) is 9.71 Å². The molecule has 1 heterocycles. The molecule has 2 aromatic rings. The van der Waals surface area contributed by atoms with Crippen molar-refractivity contribution in [1.29, 1.82) is 0 Å². The first-order valence-electron chi connectivity index (χ1n) is 6.46. The van der Waals surface area contributed by atoms with E-state index in [4.69, 9.17) is 0 Å². The van der Waals surface area contributed by atoms with Gasteiger partial charge in [0, 0.05) is 11.6 Å². The summed E-state index contributed by atoms with van der Waals surface area (Å²) in [7, 11) is -3.51. The van der Waals surface area contributed by atoms with E-state index in [2.05, 4.69) is 23.6 Å². The lowest BCUT2D eigenvalue weighted by molar-refractivity contribution is 0.470. The highest BCUT2D eigenvalue weighted by atomic mass is 32.2. The van der Waals surface area contributed by atoms with Gasteiger partial charge in [-0.25, -0.2) is 18.1 Å². The van der Waals surface area contributed by atoms with Gasteiger partial charge in [0.05, 0.1) is 10.9 Å². The molecule has 6 heteroatoms. The first-order valence-corrected chi connectivity index (χ1v) is 8.82. The maximum Gasteiger partial charge on any atom is 0.241 e. The van der Waals surface area contributed by atoms with Crippen LogP contribution in [0.15, 0.2) is 46.8 Å². The van der Waals surface area contributed by atoms with Crippen LogP contribution in [0.3, 0.4) is 0 Å². The van der Waals surface area contributed by atoms with Crippen LogP contribution in [0.5, 0.6) is 0 Å². The standard InChI is InChI=1S/C14H18N2O2S2/c1-11(2)10-13(14-15-8-9-19-14)16-20(17,18)12-6-4-3-5-7-12/h3-9,11,13,16H,10H2,1-2H3. The van der Waals surface area contributed by atoms with Gasteiger partial charge < -0.3 is 0 Å². The normalized spacial score (nSPS) is 13.6. The molecule has 0 saturated carbocycles. The van der Waals surface area contributed by atoms with Crippen LogP contribution >= 0.6 is 11.3 Å². The van der Waals surface area contributed by atoms with Crippen molar-refractivity contribution in [2.24, 2.45) is 5.92 Å². The molecule has 0 radical (unpaired) electrons. The molecule has 1 atom stereocenters. The van der Waals surface area contributed by atoms with Crippen LogP contribution in [0.2, 0.25) is 0 Å². The summed E-state index contributed by atoms with van der Waals surface area (Å²) in [5.74, 6) is 0.377. The Balaban J connectivity index is 2.24. The van der Waals surface area contributed by atoms with Gasteiger partial charge in [0.1, 0.15) is 5.01 Å². The molecule has 0 fully saturated rings. The lowest BCUT2D eigenvalue weighted by Crippen LogP contribution is -2.29. The molecule has 0 aliphatic heterocycles. The zero-order valence-electron chi connectivity index (χ0n) is 11.5. The van der Waals surface area contributed by atoms with Crippen molar-refractivity contribution < 1.29 is 8.42 Å². The van der Waals surface area contributed by atoms with Crippen molar-refractivity contribution in [2.45, 2.75) is 31.2 Å². The average molecular weight is 310 g/mol. The number of rotatable bonds is 6. The molecule has 0 saturated heterocycles. The summed E-state index contributed by atoms with van der Waals surface area (Å²) in [5, 5.41) is 2.66. The number of nitrogens with one attached hydrogen (secondary N) is 1. The number of benzene rings is 1. The SMILES string of the molecule is CC(C)CC(NS(=O)(=O)c1ccccc1)c1nccs1.